The molecular weight excluding hydrogens is 136 g/mol. The third-order valence-electron chi connectivity index (χ3n) is 2.11. The highest BCUT2D eigenvalue weighted by atomic mass is 16.5. The van der Waals surface area contributed by atoms with Gasteiger partial charge in [-0.2, -0.15) is 0 Å². The van der Waals surface area contributed by atoms with E-state index >= 15 is 0 Å². The summed E-state index contributed by atoms with van der Waals surface area (Å²) < 4.78 is 5.43. The summed E-state index contributed by atoms with van der Waals surface area (Å²) in [5.74, 6) is 1.16. The molecule has 0 spiro atoms. The molecule has 64 valence electrons. The first-order chi connectivity index (χ1) is 5.33. The molecule has 1 heteroatoms. The van der Waals surface area contributed by atoms with E-state index in [4.69, 9.17) is 4.74 Å². The molecule has 1 aliphatic rings. The Morgan fingerprint density at radius 1 is 1.45 bits per heavy atom. The van der Waals surface area contributed by atoms with Gasteiger partial charge >= 0.3 is 0 Å². The summed E-state index contributed by atoms with van der Waals surface area (Å²) in [4.78, 5) is 0. The van der Waals surface area contributed by atoms with E-state index in [-0.39, 0.29) is 0 Å². The van der Waals surface area contributed by atoms with Crippen molar-refractivity contribution < 1.29 is 4.74 Å². The van der Waals surface area contributed by atoms with Gasteiger partial charge in [-0.05, 0) is 24.7 Å². The molecule has 0 bridgehead atoms. The number of rotatable bonds is 3. The molecule has 1 fully saturated rings. The lowest BCUT2D eigenvalue weighted by atomic mass is 9.90. The van der Waals surface area contributed by atoms with Crippen molar-refractivity contribution in [3.63, 3.8) is 0 Å². The van der Waals surface area contributed by atoms with Crippen LogP contribution in [0.5, 0.6) is 0 Å². The summed E-state index contributed by atoms with van der Waals surface area (Å²) in [6, 6.07) is 0. The normalized spacial score (nSPS) is 32.2. The predicted octanol–water partition coefficient (Wildman–Crippen LogP) is 2.54. The smallest absolute Gasteiger partial charge is 0.0500 e. The molecule has 11 heavy (non-hydrogen) atoms. The van der Waals surface area contributed by atoms with Gasteiger partial charge in [0.1, 0.15) is 0 Å². The first-order valence-corrected chi connectivity index (χ1v) is 4.66. The topological polar surface area (TPSA) is 9.23 Å². The third kappa shape index (κ3) is 3.24. The van der Waals surface area contributed by atoms with Gasteiger partial charge in [0.25, 0.3) is 0 Å². The van der Waals surface area contributed by atoms with Crippen molar-refractivity contribution >= 4 is 0 Å². The molecule has 2 unspecified atom stereocenters. The first-order valence-electron chi connectivity index (χ1n) is 4.66. The Morgan fingerprint density at radius 3 is 2.91 bits per heavy atom. The molecule has 1 heterocycles. The lowest BCUT2D eigenvalue weighted by molar-refractivity contribution is 0.0502. The van der Waals surface area contributed by atoms with Crippen molar-refractivity contribution in [2.45, 2.75) is 33.1 Å². The second-order valence-electron chi connectivity index (χ2n) is 3.44. The maximum Gasteiger partial charge on any atom is 0.0500 e. The Morgan fingerprint density at radius 2 is 2.27 bits per heavy atom. The van der Waals surface area contributed by atoms with Crippen LogP contribution in [0.25, 0.3) is 0 Å². The van der Waals surface area contributed by atoms with Crippen LogP contribution in [0, 0.1) is 18.3 Å². The highest BCUT2D eigenvalue weighted by Gasteiger charge is 2.19. The Labute approximate surface area is 70.1 Å². The Bertz CT molecular complexity index is 101. The van der Waals surface area contributed by atoms with Crippen molar-refractivity contribution in [1.82, 2.24) is 0 Å². The van der Waals surface area contributed by atoms with E-state index in [2.05, 4.69) is 20.3 Å². The summed E-state index contributed by atoms with van der Waals surface area (Å²) in [6.45, 7) is 6.19. The van der Waals surface area contributed by atoms with Crippen LogP contribution >= 0.6 is 0 Å². The zero-order valence-electron chi connectivity index (χ0n) is 7.60. The van der Waals surface area contributed by atoms with Crippen LogP contribution in [0.15, 0.2) is 0 Å². The maximum absolute atomic E-state index is 5.43. The summed E-state index contributed by atoms with van der Waals surface area (Å²) in [5, 5.41) is 0. The van der Waals surface area contributed by atoms with Crippen molar-refractivity contribution in [2.75, 3.05) is 13.2 Å². The highest BCUT2D eigenvalue weighted by molar-refractivity contribution is 4.84. The molecular formula is C10H18O. The van der Waals surface area contributed by atoms with Gasteiger partial charge in [0.2, 0.25) is 0 Å². The van der Waals surface area contributed by atoms with Gasteiger partial charge in [0.15, 0.2) is 0 Å². The number of hydrogen-bond donors (Lipinski definition) is 0. The molecule has 1 aliphatic heterocycles. The van der Waals surface area contributed by atoms with E-state index in [1.807, 2.05) is 0 Å². The zero-order valence-corrected chi connectivity index (χ0v) is 7.60. The summed E-state index contributed by atoms with van der Waals surface area (Å²) in [5.41, 5.74) is 0. The molecule has 0 amide bonds. The molecule has 1 rings (SSSR count). The Balaban J connectivity index is 2.12. The lowest BCUT2D eigenvalue weighted by Gasteiger charge is -2.25. The number of unbranched alkanes of at least 4 members (excludes halogenated alkanes) is 1. The minimum atomic E-state index is 0.547. The highest BCUT2D eigenvalue weighted by Crippen LogP contribution is 2.22. The van der Waals surface area contributed by atoms with Gasteiger partial charge in [-0.15, -0.1) is 0 Å². The van der Waals surface area contributed by atoms with Crippen LogP contribution in [0.2, 0.25) is 0 Å². The number of hydrogen-bond acceptors (Lipinski definition) is 1. The Kier molecular flexibility index (Phi) is 3.92. The molecule has 1 saturated heterocycles. The van der Waals surface area contributed by atoms with E-state index in [1.165, 1.54) is 19.3 Å². The van der Waals surface area contributed by atoms with Crippen LogP contribution in [-0.2, 0) is 4.74 Å². The van der Waals surface area contributed by atoms with Crippen molar-refractivity contribution in [1.29, 1.82) is 0 Å². The predicted molar refractivity (Wildman–Crippen MR) is 46.2 cm³/mol. The summed E-state index contributed by atoms with van der Waals surface area (Å²) >= 11 is 0. The van der Waals surface area contributed by atoms with Crippen LogP contribution in [0.4, 0.5) is 0 Å². The molecule has 0 aromatic rings. The van der Waals surface area contributed by atoms with Gasteiger partial charge in [-0.1, -0.05) is 26.7 Å². The minimum absolute atomic E-state index is 0.547. The van der Waals surface area contributed by atoms with Gasteiger partial charge in [-0.3, -0.25) is 0 Å². The average molecular weight is 154 g/mol. The number of ether oxygens (including phenoxy) is 1. The van der Waals surface area contributed by atoms with Crippen LogP contribution in [0.3, 0.4) is 0 Å². The van der Waals surface area contributed by atoms with E-state index in [1.54, 1.807) is 0 Å². The van der Waals surface area contributed by atoms with Crippen LogP contribution < -0.4 is 0 Å². The molecule has 0 aliphatic carbocycles. The molecule has 2 radical (unpaired) electrons. The molecule has 2 atom stereocenters. The fraction of sp³-hybridized carbons (Fsp3) is 0.900. The largest absolute Gasteiger partial charge is 0.381 e. The van der Waals surface area contributed by atoms with E-state index < -0.39 is 0 Å². The van der Waals surface area contributed by atoms with Gasteiger partial charge < -0.3 is 4.74 Å². The first kappa shape index (κ1) is 9.05. The molecule has 1 nitrogen and oxygen atoms in total. The van der Waals surface area contributed by atoms with E-state index in [0.29, 0.717) is 11.8 Å². The Hall–Kier alpha value is -0.0400. The second kappa shape index (κ2) is 4.76. The van der Waals surface area contributed by atoms with Gasteiger partial charge in [-0.25, -0.2) is 0 Å². The molecule has 0 aromatic heterocycles. The third-order valence-corrected chi connectivity index (χ3v) is 2.11. The fourth-order valence-corrected chi connectivity index (χ4v) is 1.50. The monoisotopic (exact) mass is 154 g/mol. The van der Waals surface area contributed by atoms with Crippen molar-refractivity contribution in [3.8, 4) is 0 Å². The van der Waals surface area contributed by atoms with Gasteiger partial charge in [0.05, 0.1) is 0 Å². The summed E-state index contributed by atoms with van der Waals surface area (Å²) in [6.07, 6.45) is 7.39. The summed E-state index contributed by atoms with van der Waals surface area (Å²) in [7, 11) is 0. The van der Waals surface area contributed by atoms with Crippen molar-refractivity contribution in [2.24, 2.45) is 11.8 Å². The standard InChI is InChI=1S/C10H18O/c1-3-4-5-10-6-9(2)7-11-8-10/h9-10H,3-5,7-8H2,1-2H3. The molecule has 0 N–H and O–H groups in total. The molecule has 0 saturated carbocycles. The maximum atomic E-state index is 5.43. The average Bonchev–Trinajstić information content (AvgIpc) is 2.01. The van der Waals surface area contributed by atoms with Crippen molar-refractivity contribution in [3.05, 3.63) is 6.42 Å². The molecule has 0 aromatic carbocycles. The van der Waals surface area contributed by atoms with Crippen LogP contribution in [-0.4, -0.2) is 13.2 Å². The SMILES string of the molecule is CCCCC1[C]C(C)COC1. The second-order valence-corrected chi connectivity index (χ2v) is 3.44. The quantitative estimate of drug-likeness (QED) is 0.607. The van der Waals surface area contributed by atoms with E-state index in [9.17, 15) is 0 Å². The van der Waals surface area contributed by atoms with E-state index in [0.717, 1.165) is 13.2 Å². The van der Waals surface area contributed by atoms with Crippen LogP contribution in [0.1, 0.15) is 33.1 Å². The fourth-order valence-electron chi connectivity index (χ4n) is 1.50. The zero-order chi connectivity index (χ0) is 8.10. The lowest BCUT2D eigenvalue weighted by Crippen LogP contribution is -2.24. The van der Waals surface area contributed by atoms with Gasteiger partial charge in [0, 0.05) is 13.2 Å². The minimum Gasteiger partial charge on any atom is -0.381 e.